The highest BCUT2D eigenvalue weighted by Gasteiger charge is 2.49. The molecule has 3 aliphatic rings. The van der Waals surface area contributed by atoms with Crippen molar-refractivity contribution in [3.05, 3.63) is 91.5 Å². The van der Waals surface area contributed by atoms with E-state index >= 15 is 0 Å². The zero-order chi connectivity index (χ0) is 34.7. The lowest BCUT2D eigenvalue weighted by molar-refractivity contribution is -0.385. The smallest absolute Gasteiger partial charge is 0.273 e. The van der Waals surface area contributed by atoms with E-state index in [0.29, 0.717) is 5.56 Å². The summed E-state index contributed by atoms with van der Waals surface area (Å²) in [5.74, 6) is -3.42. The number of rotatable bonds is 8. The maximum absolute atomic E-state index is 13.9. The average Bonchev–Trinajstić information content (AvgIpc) is 3.05. The highest BCUT2D eigenvalue weighted by molar-refractivity contribution is 6.31. The predicted octanol–water partition coefficient (Wildman–Crippen LogP) is 2.77. The maximum Gasteiger partial charge on any atom is 0.273 e. The molecule has 0 radical (unpaired) electrons. The number of nitrogens with zero attached hydrogens (tertiary/aromatic N) is 1. The minimum Gasteiger partial charge on any atom is -0.507 e. The molecule has 3 aromatic carbocycles. The fourth-order valence-electron chi connectivity index (χ4n) is 6.91. The number of fused-ring (bicyclic) bond motifs is 3. The first-order valence-electron chi connectivity index (χ1n) is 15.3. The second-order valence-corrected chi connectivity index (χ2v) is 12.3. The van der Waals surface area contributed by atoms with Gasteiger partial charge in [0.25, 0.3) is 5.69 Å². The third-order valence-corrected chi connectivity index (χ3v) is 9.50. The fourth-order valence-corrected chi connectivity index (χ4v) is 6.91. The molecule has 5 unspecified atom stereocenters. The van der Waals surface area contributed by atoms with Gasteiger partial charge in [-0.2, -0.15) is 0 Å². The summed E-state index contributed by atoms with van der Waals surface area (Å²) in [6.45, 7) is 2.79. The summed E-state index contributed by atoms with van der Waals surface area (Å²) in [5.41, 5.74) is -3.08. The molecule has 1 saturated heterocycles. The minimum atomic E-state index is -2.08. The van der Waals surface area contributed by atoms with Crippen molar-refractivity contribution in [3.8, 4) is 17.2 Å². The zero-order valence-electron chi connectivity index (χ0n) is 26.3. The van der Waals surface area contributed by atoms with Crippen molar-refractivity contribution < 1.29 is 53.9 Å². The number of aliphatic hydroxyl groups is 2. The number of aromatic hydroxyl groups is 2. The summed E-state index contributed by atoms with van der Waals surface area (Å²) in [6.07, 6.45) is -5.18. The van der Waals surface area contributed by atoms with Gasteiger partial charge in [-0.15, -0.1) is 0 Å². The minimum absolute atomic E-state index is 0.00382. The van der Waals surface area contributed by atoms with Gasteiger partial charge in [0, 0.05) is 60.2 Å². The van der Waals surface area contributed by atoms with Crippen LogP contribution in [0, 0.1) is 10.1 Å². The zero-order valence-corrected chi connectivity index (χ0v) is 26.3. The third-order valence-electron chi connectivity index (χ3n) is 9.50. The number of nitrogens with one attached hydrogen (secondary N) is 1. The standard InChI is InChI=1S/C34H34N2O12/c1-15-29(38)20(35-14-17-7-4-5-9-21(17)36(44)45)11-24(47-15)48-23-13-34(43,16(2)37)12-19-26(23)33(42)28-27(31(19)40)30(39)18-8-6-10-22(46-3)25(18)32(28)41/h4-10,15,20,23-24,29,35,38,40,42-43H,11-14H2,1-3H3/t15?,20?,23-,24?,29?,34?/m0/s1. The van der Waals surface area contributed by atoms with Crippen molar-refractivity contribution in [2.24, 2.45) is 0 Å². The first-order valence-corrected chi connectivity index (χ1v) is 15.3. The highest BCUT2D eigenvalue weighted by Crippen LogP contribution is 2.52. The summed E-state index contributed by atoms with van der Waals surface area (Å²) in [4.78, 5) is 51.3. The number of hydrogen-bond acceptors (Lipinski definition) is 13. The van der Waals surface area contributed by atoms with Gasteiger partial charge in [0.2, 0.25) is 5.78 Å². The van der Waals surface area contributed by atoms with E-state index in [1.54, 1.807) is 25.1 Å². The van der Waals surface area contributed by atoms with Crippen LogP contribution in [0.5, 0.6) is 17.2 Å². The molecule has 14 nitrogen and oxygen atoms in total. The van der Waals surface area contributed by atoms with Gasteiger partial charge in [-0.05, 0) is 19.9 Å². The molecule has 1 heterocycles. The normalized spacial score (nSPS) is 26.3. The molecular formula is C34H34N2O12. The quantitative estimate of drug-likeness (QED) is 0.104. The lowest BCUT2D eigenvalue weighted by Gasteiger charge is -2.43. The molecule has 14 heteroatoms. The Morgan fingerprint density at radius 2 is 1.79 bits per heavy atom. The van der Waals surface area contributed by atoms with E-state index in [2.05, 4.69) is 5.32 Å². The first-order chi connectivity index (χ1) is 22.8. The fraction of sp³-hybridized carbons (Fsp3) is 0.382. The van der Waals surface area contributed by atoms with E-state index in [4.69, 9.17) is 14.2 Å². The number of benzene rings is 3. The van der Waals surface area contributed by atoms with Crippen molar-refractivity contribution in [1.82, 2.24) is 5.32 Å². The van der Waals surface area contributed by atoms with Crippen molar-refractivity contribution in [1.29, 1.82) is 0 Å². The SMILES string of the molecule is COc1cccc2c1C(=O)c1c(O)c3c(c(O)c1C2=O)CC(O)(C(C)=O)C[C@@H]3OC1CC(NCc2ccccc2[N+](=O)[O-])C(O)C(C)O1. The maximum atomic E-state index is 13.9. The van der Waals surface area contributed by atoms with Gasteiger partial charge in [-0.3, -0.25) is 24.5 Å². The Hall–Kier alpha value is -4.73. The number of Topliss-reactive ketones (excluding diaryl/α,β-unsaturated/α-hetero) is 1. The molecule has 6 atom stereocenters. The van der Waals surface area contributed by atoms with Crippen LogP contribution in [-0.2, 0) is 27.2 Å². The van der Waals surface area contributed by atoms with Gasteiger partial charge in [-0.25, -0.2) is 0 Å². The number of ether oxygens (including phenoxy) is 3. The molecule has 3 aromatic rings. The Morgan fingerprint density at radius 3 is 2.48 bits per heavy atom. The summed E-state index contributed by atoms with van der Waals surface area (Å²) in [5, 5.41) is 60.2. The van der Waals surface area contributed by atoms with E-state index in [-0.39, 0.29) is 46.7 Å². The van der Waals surface area contributed by atoms with Crippen LogP contribution in [0.3, 0.4) is 0 Å². The van der Waals surface area contributed by atoms with Gasteiger partial charge in [0.05, 0.1) is 47.0 Å². The average molecular weight is 663 g/mol. The molecule has 2 aliphatic carbocycles. The van der Waals surface area contributed by atoms with Crippen LogP contribution in [0.1, 0.15) is 81.3 Å². The van der Waals surface area contributed by atoms with Gasteiger partial charge < -0.3 is 40.0 Å². The van der Waals surface area contributed by atoms with Crippen LogP contribution in [0.4, 0.5) is 5.69 Å². The number of nitro groups is 1. The predicted molar refractivity (Wildman–Crippen MR) is 166 cm³/mol. The highest BCUT2D eigenvalue weighted by atomic mass is 16.7. The summed E-state index contributed by atoms with van der Waals surface area (Å²) in [7, 11) is 1.32. The summed E-state index contributed by atoms with van der Waals surface area (Å²) in [6, 6.07) is 9.86. The Morgan fingerprint density at radius 1 is 1.08 bits per heavy atom. The molecule has 5 N–H and O–H groups in total. The Balaban J connectivity index is 1.37. The largest absolute Gasteiger partial charge is 0.507 e. The Labute approximate surface area is 274 Å². The van der Waals surface area contributed by atoms with Crippen LogP contribution in [0.2, 0.25) is 0 Å². The van der Waals surface area contributed by atoms with E-state index in [9.17, 15) is 44.9 Å². The molecule has 48 heavy (non-hydrogen) atoms. The van der Waals surface area contributed by atoms with Crippen LogP contribution in [0.15, 0.2) is 42.5 Å². The van der Waals surface area contributed by atoms with Crippen molar-refractivity contribution in [3.63, 3.8) is 0 Å². The molecule has 1 aliphatic heterocycles. The Kier molecular flexibility index (Phi) is 8.56. The summed E-state index contributed by atoms with van der Waals surface area (Å²) < 4.78 is 17.5. The molecule has 0 saturated carbocycles. The third kappa shape index (κ3) is 5.41. The molecule has 0 spiro atoms. The second-order valence-electron chi connectivity index (χ2n) is 12.3. The number of carbonyl (C=O) groups is 3. The lowest BCUT2D eigenvalue weighted by atomic mass is 9.72. The monoisotopic (exact) mass is 662 g/mol. The van der Waals surface area contributed by atoms with Crippen molar-refractivity contribution >= 4 is 23.0 Å². The Bertz CT molecular complexity index is 1860. The number of phenols is 2. The molecule has 6 rings (SSSR count). The second kappa shape index (κ2) is 12.4. The number of nitro benzene ring substituents is 1. The van der Waals surface area contributed by atoms with Crippen molar-refractivity contribution in [2.45, 2.75) is 75.9 Å². The molecule has 0 amide bonds. The van der Waals surface area contributed by atoms with Crippen LogP contribution in [0.25, 0.3) is 0 Å². The number of ketones is 3. The number of hydrogen-bond donors (Lipinski definition) is 5. The molecule has 0 aromatic heterocycles. The van der Waals surface area contributed by atoms with Gasteiger partial charge in [0.15, 0.2) is 17.9 Å². The molecule has 252 valence electrons. The van der Waals surface area contributed by atoms with Crippen molar-refractivity contribution in [2.75, 3.05) is 7.11 Å². The molecule has 1 fully saturated rings. The number of phenolic OH excluding ortho intramolecular Hbond substituents is 2. The van der Waals surface area contributed by atoms with E-state index in [1.807, 2.05) is 0 Å². The molecular weight excluding hydrogens is 628 g/mol. The van der Waals surface area contributed by atoms with E-state index < -0.39 is 94.0 Å². The lowest BCUT2D eigenvalue weighted by Crippen LogP contribution is -2.54. The summed E-state index contributed by atoms with van der Waals surface area (Å²) >= 11 is 0. The number of methoxy groups -OCH3 is 1. The number of para-hydroxylation sites is 1. The number of carbonyl (C=O) groups excluding carboxylic acids is 3. The van der Waals surface area contributed by atoms with Crippen LogP contribution in [-0.4, -0.2) is 79.9 Å². The topological polar surface area (TPSA) is 215 Å². The van der Waals surface area contributed by atoms with Gasteiger partial charge in [0.1, 0.15) is 22.8 Å². The number of aliphatic hydroxyl groups excluding tert-OH is 1. The van der Waals surface area contributed by atoms with Crippen LogP contribution >= 0.6 is 0 Å². The van der Waals surface area contributed by atoms with E-state index in [0.717, 1.165) is 6.92 Å². The van der Waals surface area contributed by atoms with Gasteiger partial charge in [-0.1, -0.05) is 30.3 Å². The van der Waals surface area contributed by atoms with E-state index in [1.165, 1.54) is 31.4 Å². The first kappa shape index (κ1) is 33.2. The van der Waals surface area contributed by atoms with Gasteiger partial charge >= 0.3 is 0 Å². The molecule has 0 bridgehead atoms. The van der Waals surface area contributed by atoms with Crippen LogP contribution < -0.4 is 10.1 Å².